The molecule has 4 nitrogen and oxygen atoms in total. The normalized spacial score (nSPS) is 12.7. The average Bonchev–Trinajstić information content (AvgIpc) is 2.46. The van der Waals surface area contributed by atoms with Gasteiger partial charge in [-0.3, -0.25) is 0 Å². The molecular weight excluding hydrogens is 250 g/mol. The maximum atomic E-state index is 5.70. The number of ether oxygens (including phenoxy) is 1. The largest absolute Gasteiger partial charge is 0.496 e. The zero-order valence-electron chi connectivity index (χ0n) is 12.4. The number of nitrogens with zero attached hydrogens (tertiary/aromatic N) is 1. The second-order valence-electron chi connectivity index (χ2n) is 5.29. The van der Waals surface area contributed by atoms with Crippen LogP contribution in [0.4, 0.5) is 5.82 Å². The zero-order chi connectivity index (χ0) is 14.5. The molecule has 1 aromatic heterocycles. The van der Waals surface area contributed by atoms with Gasteiger partial charge in [0.2, 0.25) is 0 Å². The summed E-state index contributed by atoms with van der Waals surface area (Å²) in [4.78, 5) is 4.48. The highest BCUT2D eigenvalue weighted by atomic mass is 16.5. The van der Waals surface area contributed by atoms with E-state index in [2.05, 4.69) is 30.2 Å². The molecule has 0 aliphatic carbocycles. The van der Waals surface area contributed by atoms with Gasteiger partial charge < -0.3 is 15.8 Å². The summed E-state index contributed by atoms with van der Waals surface area (Å²) in [5.41, 5.74) is 5.70. The van der Waals surface area contributed by atoms with Crippen molar-refractivity contribution in [3.63, 3.8) is 0 Å². The number of anilines is 1. The predicted molar refractivity (Wildman–Crippen MR) is 84.2 cm³/mol. The molecule has 1 heterocycles. The maximum absolute atomic E-state index is 5.70. The summed E-state index contributed by atoms with van der Waals surface area (Å²) in [5.74, 6) is 2.27. The van der Waals surface area contributed by atoms with Gasteiger partial charge in [-0.05, 0) is 31.0 Å². The first-order chi connectivity index (χ1) is 9.67. The third kappa shape index (κ3) is 3.02. The van der Waals surface area contributed by atoms with Crippen LogP contribution >= 0.6 is 0 Å². The van der Waals surface area contributed by atoms with Gasteiger partial charge in [0.15, 0.2) is 0 Å². The quantitative estimate of drug-likeness (QED) is 0.849. The van der Waals surface area contributed by atoms with E-state index in [1.54, 1.807) is 7.11 Å². The fraction of sp³-hybridized carbons (Fsp3) is 0.438. The minimum atomic E-state index is 0.323. The van der Waals surface area contributed by atoms with Gasteiger partial charge in [-0.15, -0.1) is 0 Å². The van der Waals surface area contributed by atoms with Crippen LogP contribution in [0.3, 0.4) is 0 Å². The minimum absolute atomic E-state index is 0.323. The lowest BCUT2D eigenvalue weighted by Gasteiger charge is -2.23. The van der Waals surface area contributed by atoms with Crippen molar-refractivity contribution in [2.24, 2.45) is 11.7 Å². The monoisotopic (exact) mass is 273 g/mol. The molecule has 1 unspecified atom stereocenters. The third-order valence-electron chi connectivity index (χ3n) is 3.59. The van der Waals surface area contributed by atoms with Gasteiger partial charge in [0.05, 0.1) is 7.11 Å². The predicted octanol–water partition coefficient (Wildman–Crippen LogP) is 3.03. The fourth-order valence-corrected chi connectivity index (χ4v) is 2.40. The van der Waals surface area contributed by atoms with Gasteiger partial charge >= 0.3 is 0 Å². The summed E-state index contributed by atoms with van der Waals surface area (Å²) in [6.07, 6.45) is 2.74. The lowest BCUT2D eigenvalue weighted by molar-refractivity contribution is 0.420. The number of nitrogens with one attached hydrogen (secondary N) is 1. The van der Waals surface area contributed by atoms with Gasteiger partial charge in [0, 0.05) is 23.0 Å². The van der Waals surface area contributed by atoms with Crippen molar-refractivity contribution in [3.8, 4) is 5.75 Å². The van der Waals surface area contributed by atoms with Crippen molar-refractivity contribution < 1.29 is 4.74 Å². The average molecular weight is 273 g/mol. The van der Waals surface area contributed by atoms with Crippen LogP contribution in [0, 0.1) is 5.92 Å². The molecule has 0 bridgehead atoms. The summed E-state index contributed by atoms with van der Waals surface area (Å²) >= 11 is 0. The molecule has 0 radical (unpaired) electrons. The van der Waals surface area contributed by atoms with Crippen molar-refractivity contribution >= 4 is 16.6 Å². The van der Waals surface area contributed by atoms with Gasteiger partial charge in [-0.2, -0.15) is 0 Å². The summed E-state index contributed by atoms with van der Waals surface area (Å²) in [5, 5.41) is 5.68. The van der Waals surface area contributed by atoms with Gasteiger partial charge in [-0.25, -0.2) is 4.98 Å². The number of aromatic nitrogens is 1. The molecule has 1 aromatic carbocycles. The standard InChI is InChI=1S/C16H23N3O/c1-11(2)14(7-9-17)19-16-13-5-4-6-15(20-3)12(13)8-10-18-16/h4-6,8,10-11,14H,7,9,17H2,1-3H3,(H,18,19). The van der Waals surface area contributed by atoms with Crippen molar-refractivity contribution in [1.29, 1.82) is 0 Å². The third-order valence-corrected chi connectivity index (χ3v) is 3.59. The van der Waals surface area contributed by atoms with E-state index < -0.39 is 0 Å². The molecule has 0 spiro atoms. The van der Waals surface area contributed by atoms with Gasteiger partial charge in [0.25, 0.3) is 0 Å². The molecule has 20 heavy (non-hydrogen) atoms. The van der Waals surface area contributed by atoms with E-state index in [9.17, 15) is 0 Å². The van der Waals surface area contributed by atoms with Crippen LogP contribution in [0.15, 0.2) is 30.5 Å². The van der Waals surface area contributed by atoms with E-state index >= 15 is 0 Å². The molecule has 0 amide bonds. The Bertz CT molecular complexity index is 569. The molecule has 2 aromatic rings. The number of fused-ring (bicyclic) bond motifs is 1. The van der Waals surface area contributed by atoms with Crippen molar-refractivity contribution in [1.82, 2.24) is 4.98 Å². The highest BCUT2D eigenvalue weighted by molar-refractivity contribution is 5.95. The smallest absolute Gasteiger partial charge is 0.134 e. The van der Waals surface area contributed by atoms with Crippen molar-refractivity contribution in [2.75, 3.05) is 19.0 Å². The van der Waals surface area contributed by atoms with Gasteiger partial charge in [0.1, 0.15) is 11.6 Å². The molecule has 108 valence electrons. The van der Waals surface area contributed by atoms with Crippen LogP contribution in [0.25, 0.3) is 10.8 Å². The summed E-state index contributed by atoms with van der Waals surface area (Å²) < 4.78 is 5.41. The first-order valence-electron chi connectivity index (χ1n) is 7.05. The topological polar surface area (TPSA) is 60.2 Å². The molecule has 1 atom stereocenters. The van der Waals surface area contributed by atoms with E-state index in [0.717, 1.165) is 28.8 Å². The zero-order valence-corrected chi connectivity index (χ0v) is 12.4. The van der Waals surface area contributed by atoms with Crippen LogP contribution in [-0.4, -0.2) is 24.7 Å². The lowest BCUT2D eigenvalue weighted by Crippen LogP contribution is -2.28. The minimum Gasteiger partial charge on any atom is -0.496 e. The number of hydrogen-bond acceptors (Lipinski definition) is 4. The highest BCUT2D eigenvalue weighted by Gasteiger charge is 2.14. The van der Waals surface area contributed by atoms with E-state index in [1.165, 1.54) is 0 Å². The Morgan fingerprint density at radius 1 is 1.25 bits per heavy atom. The second-order valence-corrected chi connectivity index (χ2v) is 5.29. The summed E-state index contributed by atoms with van der Waals surface area (Å²) in [6, 6.07) is 8.32. The molecule has 4 heteroatoms. The van der Waals surface area contributed by atoms with E-state index in [1.807, 2.05) is 24.4 Å². The van der Waals surface area contributed by atoms with Crippen LogP contribution < -0.4 is 15.8 Å². The SMILES string of the molecule is COc1cccc2c(NC(CCN)C(C)C)nccc12. The molecule has 3 N–H and O–H groups in total. The molecule has 0 fully saturated rings. The second kappa shape index (κ2) is 6.57. The van der Waals surface area contributed by atoms with Crippen LogP contribution in [0.2, 0.25) is 0 Å². The molecule has 0 saturated heterocycles. The summed E-state index contributed by atoms with van der Waals surface area (Å²) in [6.45, 7) is 5.06. The first-order valence-corrected chi connectivity index (χ1v) is 7.05. The molecule has 0 aliphatic rings. The maximum Gasteiger partial charge on any atom is 0.134 e. The highest BCUT2D eigenvalue weighted by Crippen LogP contribution is 2.29. The number of hydrogen-bond donors (Lipinski definition) is 2. The molecule has 0 aliphatic heterocycles. The van der Waals surface area contributed by atoms with Crippen LogP contribution in [0.1, 0.15) is 20.3 Å². The molecular formula is C16H23N3O. The van der Waals surface area contributed by atoms with Crippen molar-refractivity contribution in [3.05, 3.63) is 30.5 Å². The number of rotatable bonds is 6. The van der Waals surface area contributed by atoms with Crippen LogP contribution in [-0.2, 0) is 0 Å². The number of benzene rings is 1. The van der Waals surface area contributed by atoms with Gasteiger partial charge in [-0.1, -0.05) is 26.0 Å². The fourth-order valence-electron chi connectivity index (χ4n) is 2.40. The van der Waals surface area contributed by atoms with E-state index in [-0.39, 0.29) is 0 Å². The summed E-state index contributed by atoms with van der Waals surface area (Å²) in [7, 11) is 1.69. The Hall–Kier alpha value is -1.81. The molecule has 0 saturated carbocycles. The Morgan fingerprint density at radius 2 is 2.05 bits per heavy atom. The first kappa shape index (κ1) is 14.6. The number of nitrogens with two attached hydrogens (primary N) is 1. The Labute approximate surface area is 120 Å². The van der Waals surface area contributed by atoms with Crippen molar-refractivity contribution in [2.45, 2.75) is 26.3 Å². The Morgan fingerprint density at radius 3 is 2.70 bits per heavy atom. The Kier molecular flexibility index (Phi) is 4.79. The van der Waals surface area contributed by atoms with E-state index in [4.69, 9.17) is 10.5 Å². The molecule has 2 rings (SSSR count). The lowest BCUT2D eigenvalue weighted by atomic mass is 10.0. The van der Waals surface area contributed by atoms with Crippen LogP contribution in [0.5, 0.6) is 5.75 Å². The number of methoxy groups -OCH3 is 1. The number of pyridine rings is 1. The van der Waals surface area contributed by atoms with E-state index in [0.29, 0.717) is 18.5 Å². The Balaban J connectivity index is 2.39.